The molecule has 0 aromatic carbocycles. The summed E-state index contributed by atoms with van der Waals surface area (Å²) in [5, 5.41) is 0.317. The predicted molar refractivity (Wildman–Crippen MR) is 63.6 cm³/mol. The highest BCUT2D eigenvalue weighted by Crippen LogP contribution is 1.98. The zero-order valence-electron chi connectivity index (χ0n) is 9.38. The van der Waals surface area contributed by atoms with Crippen LogP contribution in [0.2, 0.25) is 0 Å². The van der Waals surface area contributed by atoms with E-state index in [1.54, 1.807) is 0 Å². The zero-order valence-corrected chi connectivity index (χ0v) is 10.2. The Labute approximate surface area is 93.0 Å². The molecule has 2 nitrogen and oxygen atoms in total. The van der Waals surface area contributed by atoms with Crippen LogP contribution in [0.15, 0.2) is 0 Å². The van der Waals surface area contributed by atoms with Gasteiger partial charge in [-0.15, -0.1) is 0 Å². The van der Waals surface area contributed by atoms with E-state index in [-0.39, 0.29) is 0 Å². The summed E-state index contributed by atoms with van der Waals surface area (Å²) >= 11 is 4.91. The number of hydrogen-bond acceptors (Lipinski definition) is 3. The second-order valence-electron chi connectivity index (χ2n) is 3.36. The number of thiocarbonyl (C=S) groups is 1. The largest absolute Gasteiger partial charge is 0.457 e. The molecule has 0 aliphatic rings. The van der Waals surface area contributed by atoms with Gasteiger partial charge in [0.15, 0.2) is 0 Å². The second-order valence-corrected chi connectivity index (χ2v) is 3.69. The van der Waals surface area contributed by atoms with Gasteiger partial charge in [0.2, 0.25) is 0 Å². The fourth-order valence-corrected chi connectivity index (χ4v) is 1.22. The Morgan fingerprint density at radius 3 is 1.64 bits per heavy atom. The molecule has 3 heteroatoms. The molecule has 0 aliphatic carbocycles. The van der Waals surface area contributed by atoms with Gasteiger partial charge in [0.25, 0.3) is 0 Å². The van der Waals surface area contributed by atoms with Crippen molar-refractivity contribution in [2.24, 2.45) is 0 Å². The molecule has 0 aromatic heterocycles. The summed E-state index contributed by atoms with van der Waals surface area (Å²) < 4.78 is 10.5. The molecule has 0 heterocycles. The number of hydrogen-bond donors (Lipinski definition) is 0. The van der Waals surface area contributed by atoms with Crippen molar-refractivity contribution in [1.82, 2.24) is 0 Å². The topological polar surface area (TPSA) is 18.5 Å². The van der Waals surface area contributed by atoms with Crippen molar-refractivity contribution in [1.29, 1.82) is 0 Å². The molecule has 0 radical (unpaired) electrons. The quantitative estimate of drug-likeness (QED) is 0.457. The lowest BCUT2D eigenvalue weighted by Crippen LogP contribution is -2.09. The molecule has 0 fully saturated rings. The zero-order chi connectivity index (χ0) is 10.6. The van der Waals surface area contributed by atoms with Crippen LogP contribution in [0, 0.1) is 0 Å². The Kier molecular flexibility index (Phi) is 10.5. The molecule has 14 heavy (non-hydrogen) atoms. The normalized spacial score (nSPS) is 9.86. The molecule has 0 amide bonds. The van der Waals surface area contributed by atoms with Crippen molar-refractivity contribution < 1.29 is 9.47 Å². The van der Waals surface area contributed by atoms with E-state index in [0.29, 0.717) is 18.5 Å². The van der Waals surface area contributed by atoms with Gasteiger partial charge in [-0.25, -0.2) is 0 Å². The van der Waals surface area contributed by atoms with E-state index in [1.165, 1.54) is 25.7 Å². The lowest BCUT2D eigenvalue weighted by molar-refractivity contribution is 0.172. The van der Waals surface area contributed by atoms with E-state index in [4.69, 9.17) is 21.7 Å². The van der Waals surface area contributed by atoms with Gasteiger partial charge in [-0.1, -0.05) is 39.5 Å². The van der Waals surface area contributed by atoms with Gasteiger partial charge in [-0.05, 0) is 12.8 Å². The minimum Gasteiger partial charge on any atom is -0.457 e. The van der Waals surface area contributed by atoms with Crippen molar-refractivity contribution in [3.05, 3.63) is 0 Å². The third-order valence-electron chi connectivity index (χ3n) is 1.94. The van der Waals surface area contributed by atoms with Gasteiger partial charge in [0.1, 0.15) is 0 Å². The Morgan fingerprint density at radius 2 is 1.29 bits per heavy atom. The van der Waals surface area contributed by atoms with Crippen molar-refractivity contribution in [3.63, 3.8) is 0 Å². The fraction of sp³-hybridized carbons (Fsp3) is 0.909. The molecule has 0 spiro atoms. The lowest BCUT2D eigenvalue weighted by Gasteiger charge is -2.08. The maximum absolute atomic E-state index is 5.23. The Balaban J connectivity index is 3.11. The highest BCUT2D eigenvalue weighted by molar-refractivity contribution is 7.79. The van der Waals surface area contributed by atoms with E-state index >= 15 is 0 Å². The average molecular weight is 218 g/mol. The van der Waals surface area contributed by atoms with Crippen LogP contribution in [0.4, 0.5) is 0 Å². The van der Waals surface area contributed by atoms with Crippen molar-refractivity contribution in [2.75, 3.05) is 13.2 Å². The van der Waals surface area contributed by atoms with Crippen LogP contribution in [0.5, 0.6) is 0 Å². The average Bonchev–Trinajstić information content (AvgIpc) is 2.19. The molecule has 0 N–H and O–H groups in total. The number of ether oxygens (including phenoxy) is 2. The van der Waals surface area contributed by atoms with Crippen molar-refractivity contribution in [2.45, 2.75) is 52.4 Å². The summed E-state index contributed by atoms with van der Waals surface area (Å²) in [5.41, 5.74) is 0. The van der Waals surface area contributed by atoms with E-state index in [9.17, 15) is 0 Å². The van der Waals surface area contributed by atoms with E-state index in [2.05, 4.69) is 13.8 Å². The minimum atomic E-state index is 0.317. The minimum absolute atomic E-state index is 0.317. The van der Waals surface area contributed by atoms with Gasteiger partial charge < -0.3 is 9.47 Å². The van der Waals surface area contributed by atoms with E-state index in [0.717, 1.165) is 12.8 Å². The van der Waals surface area contributed by atoms with Gasteiger partial charge in [0, 0.05) is 12.2 Å². The third-order valence-corrected chi connectivity index (χ3v) is 2.17. The SMILES string of the molecule is CCCCCOC(=S)OCCCCC. The molecule has 0 rings (SSSR count). The lowest BCUT2D eigenvalue weighted by atomic mass is 10.3. The first-order valence-corrected chi connectivity index (χ1v) is 6.01. The van der Waals surface area contributed by atoms with Crippen LogP contribution in [0.25, 0.3) is 0 Å². The monoisotopic (exact) mass is 218 g/mol. The van der Waals surface area contributed by atoms with Crippen LogP contribution in [-0.2, 0) is 9.47 Å². The van der Waals surface area contributed by atoms with Gasteiger partial charge >= 0.3 is 5.24 Å². The fourth-order valence-electron chi connectivity index (χ4n) is 1.06. The molecule has 0 saturated carbocycles. The molecular weight excluding hydrogens is 196 g/mol. The summed E-state index contributed by atoms with van der Waals surface area (Å²) in [4.78, 5) is 0. The van der Waals surface area contributed by atoms with Crippen molar-refractivity contribution >= 4 is 17.5 Å². The first-order chi connectivity index (χ1) is 6.81. The second kappa shape index (κ2) is 10.8. The van der Waals surface area contributed by atoms with E-state index in [1.807, 2.05) is 0 Å². The Morgan fingerprint density at radius 1 is 0.857 bits per heavy atom. The standard InChI is InChI=1S/C11H22O2S/c1-3-5-7-9-12-11(14)13-10-8-6-4-2/h3-10H2,1-2H3. The molecule has 0 saturated heterocycles. The molecule has 0 aromatic rings. The van der Waals surface area contributed by atoms with Crippen LogP contribution < -0.4 is 0 Å². The number of rotatable bonds is 8. The van der Waals surface area contributed by atoms with Crippen LogP contribution in [0.1, 0.15) is 52.4 Å². The molecular formula is C11H22O2S. The molecule has 0 unspecified atom stereocenters. The maximum Gasteiger partial charge on any atom is 0.352 e. The van der Waals surface area contributed by atoms with Crippen molar-refractivity contribution in [3.8, 4) is 0 Å². The highest BCUT2D eigenvalue weighted by Gasteiger charge is 1.97. The maximum atomic E-state index is 5.23. The third kappa shape index (κ3) is 9.78. The number of unbranched alkanes of at least 4 members (excludes halogenated alkanes) is 4. The van der Waals surface area contributed by atoms with Crippen LogP contribution >= 0.6 is 12.2 Å². The van der Waals surface area contributed by atoms with Crippen LogP contribution in [-0.4, -0.2) is 18.5 Å². The summed E-state index contributed by atoms with van der Waals surface area (Å²) in [5.74, 6) is 0. The van der Waals surface area contributed by atoms with Gasteiger partial charge in [-0.2, -0.15) is 0 Å². The highest BCUT2D eigenvalue weighted by atomic mass is 32.1. The van der Waals surface area contributed by atoms with Gasteiger partial charge in [0.05, 0.1) is 13.2 Å². The molecule has 84 valence electrons. The summed E-state index contributed by atoms with van der Waals surface area (Å²) in [6, 6.07) is 0. The Bertz CT molecular complexity index is 123. The predicted octanol–water partition coefficient (Wildman–Crippen LogP) is 3.68. The molecule has 0 atom stereocenters. The summed E-state index contributed by atoms with van der Waals surface area (Å²) in [7, 11) is 0. The first-order valence-electron chi connectivity index (χ1n) is 5.60. The van der Waals surface area contributed by atoms with Crippen LogP contribution in [0.3, 0.4) is 0 Å². The smallest absolute Gasteiger partial charge is 0.352 e. The summed E-state index contributed by atoms with van der Waals surface area (Å²) in [6.45, 7) is 5.72. The summed E-state index contributed by atoms with van der Waals surface area (Å²) in [6.07, 6.45) is 6.92. The van der Waals surface area contributed by atoms with E-state index < -0.39 is 0 Å². The molecule has 0 bridgehead atoms. The Hall–Kier alpha value is -0.310. The molecule has 0 aliphatic heterocycles. The van der Waals surface area contributed by atoms with Gasteiger partial charge in [-0.3, -0.25) is 0 Å². The first kappa shape index (κ1) is 13.7.